The summed E-state index contributed by atoms with van der Waals surface area (Å²) in [5.74, 6) is 0.641. The van der Waals surface area contributed by atoms with Crippen LogP contribution in [0.2, 0.25) is 0 Å². The van der Waals surface area contributed by atoms with Crippen LogP contribution in [0.1, 0.15) is 16.7 Å². The van der Waals surface area contributed by atoms with Gasteiger partial charge in [-0.05, 0) is 55.0 Å². The number of para-hydroxylation sites is 1. The zero-order valence-corrected chi connectivity index (χ0v) is 24.6. The Morgan fingerprint density at radius 1 is 1.07 bits per heavy atom. The molecule has 0 saturated carbocycles. The quantitative estimate of drug-likeness (QED) is 0.0976. The monoisotopic (exact) mass is 638 g/mol. The van der Waals surface area contributed by atoms with E-state index in [2.05, 4.69) is 26.0 Å². The molecule has 0 spiro atoms. The summed E-state index contributed by atoms with van der Waals surface area (Å²) >= 11 is 3.46. The molecule has 214 valence electrons. The minimum atomic E-state index is -0.550. The van der Waals surface area contributed by atoms with E-state index in [9.17, 15) is 14.9 Å². The molecule has 0 saturated heterocycles. The van der Waals surface area contributed by atoms with Crippen LogP contribution in [-0.2, 0) is 6.61 Å². The van der Waals surface area contributed by atoms with Crippen molar-refractivity contribution >= 4 is 49.7 Å². The van der Waals surface area contributed by atoms with Gasteiger partial charge in [-0.3, -0.25) is 14.9 Å². The first kappa shape index (κ1) is 27.9. The Morgan fingerprint density at radius 3 is 2.63 bits per heavy atom. The van der Waals surface area contributed by atoms with Gasteiger partial charge < -0.3 is 13.9 Å². The number of ether oxygens (including phenoxy) is 2. The van der Waals surface area contributed by atoms with Crippen molar-refractivity contribution in [1.29, 1.82) is 0 Å². The maximum absolute atomic E-state index is 13.6. The molecule has 43 heavy (non-hydrogen) atoms. The third-order valence-corrected chi connectivity index (χ3v) is 7.25. The Morgan fingerprint density at radius 2 is 1.86 bits per heavy atom. The molecule has 6 aromatic rings. The molecule has 0 atom stereocenters. The lowest BCUT2D eigenvalue weighted by Crippen LogP contribution is -2.20. The Labute approximate surface area is 253 Å². The van der Waals surface area contributed by atoms with Gasteiger partial charge in [0.25, 0.3) is 5.56 Å². The van der Waals surface area contributed by atoms with Crippen LogP contribution in [0.25, 0.3) is 33.5 Å². The van der Waals surface area contributed by atoms with Gasteiger partial charge in [0.05, 0.1) is 29.2 Å². The van der Waals surface area contributed by atoms with Crippen LogP contribution < -0.4 is 15.0 Å². The second kappa shape index (κ2) is 11.5. The number of furan rings is 1. The minimum absolute atomic E-state index is 0.0103. The summed E-state index contributed by atoms with van der Waals surface area (Å²) in [6.45, 7) is 2.08. The number of aromatic nitrogens is 2. The van der Waals surface area contributed by atoms with E-state index < -0.39 is 10.5 Å². The average Bonchev–Trinajstić information content (AvgIpc) is 3.43. The van der Waals surface area contributed by atoms with Gasteiger partial charge in [-0.2, -0.15) is 9.78 Å². The van der Waals surface area contributed by atoms with Crippen LogP contribution in [0.15, 0.2) is 104 Å². The Hall–Kier alpha value is -5.29. The third kappa shape index (κ3) is 5.62. The van der Waals surface area contributed by atoms with Crippen LogP contribution in [0.5, 0.6) is 11.5 Å². The lowest BCUT2D eigenvalue weighted by molar-refractivity contribution is -0.386. The van der Waals surface area contributed by atoms with Crippen LogP contribution in [0.3, 0.4) is 0 Å². The van der Waals surface area contributed by atoms with Crippen molar-refractivity contribution in [3.05, 3.63) is 127 Å². The van der Waals surface area contributed by atoms with Gasteiger partial charge in [-0.15, -0.1) is 0 Å². The highest BCUT2D eigenvalue weighted by Gasteiger charge is 2.23. The molecule has 0 radical (unpaired) electrons. The van der Waals surface area contributed by atoms with Crippen molar-refractivity contribution in [3.63, 3.8) is 0 Å². The number of halogens is 1. The van der Waals surface area contributed by atoms with Gasteiger partial charge in [0.1, 0.15) is 12.2 Å². The maximum Gasteiger partial charge on any atom is 0.315 e. The lowest BCUT2D eigenvalue weighted by atomic mass is 10.1. The SMILES string of the molecule is COc1cc(C=Nn2c(-c3cc4cc(Br)ccc4o3)nc3ccccc3c2=O)cc([N+](=O)[O-])c1OCc1ccc(C)cc1. The molecule has 4 aromatic carbocycles. The molecule has 0 N–H and O–H groups in total. The Balaban J connectivity index is 1.43. The smallest absolute Gasteiger partial charge is 0.315 e. The van der Waals surface area contributed by atoms with Crippen molar-refractivity contribution in [1.82, 2.24) is 9.66 Å². The first-order chi connectivity index (χ1) is 20.8. The predicted octanol–water partition coefficient (Wildman–Crippen LogP) is 7.26. The van der Waals surface area contributed by atoms with E-state index in [1.807, 2.05) is 49.4 Å². The maximum atomic E-state index is 13.6. The second-order valence-electron chi connectivity index (χ2n) is 9.71. The molecule has 10 nitrogen and oxygen atoms in total. The first-order valence-electron chi connectivity index (χ1n) is 13.1. The summed E-state index contributed by atoms with van der Waals surface area (Å²) < 4.78 is 19.3. The van der Waals surface area contributed by atoms with Gasteiger partial charge in [0, 0.05) is 21.5 Å². The molecule has 0 aliphatic heterocycles. The second-order valence-corrected chi connectivity index (χ2v) is 10.6. The van der Waals surface area contributed by atoms with E-state index in [0.717, 1.165) is 25.7 Å². The number of rotatable bonds is 8. The van der Waals surface area contributed by atoms with Crippen LogP contribution in [-0.4, -0.2) is 27.9 Å². The number of fused-ring (bicyclic) bond motifs is 2. The normalized spacial score (nSPS) is 11.4. The van der Waals surface area contributed by atoms with Gasteiger partial charge >= 0.3 is 5.69 Å². The minimum Gasteiger partial charge on any atom is -0.493 e. The van der Waals surface area contributed by atoms with Gasteiger partial charge in [0.15, 0.2) is 11.5 Å². The van der Waals surface area contributed by atoms with Gasteiger partial charge in [0.2, 0.25) is 11.6 Å². The number of nitrogens with zero attached hydrogens (tertiary/aromatic N) is 4. The van der Waals surface area contributed by atoms with Crippen LogP contribution >= 0.6 is 15.9 Å². The first-order valence-corrected chi connectivity index (χ1v) is 13.9. The fourth-order valence-electron chi connectivity index (χ4n) is 4.59. The molecule has 2 aromatic heterocycles. The van der Waals surface area contributed by atoms with Crippen molar-refractivity contribution in [3.8, 4) is 23.1 Å². The molecular formula is C32H23BrN4O6. The molecular weight excluding hydrogens is 616 g/mol. The fraction of sp³-hybridized carbons (Fsp3) is 0.0938. The highest BCUT2D eigenvalue weighted by Crippen LogP contribution is 2.38. The number of hydrogen-bond donors (Lipinski definition) is 0. The highest BCUT2D eigenvalue weighted by atomic mass is 79.9. The summed E-state index contributed by atoms with van der Waals surface area (Å²) in [5.41, 5.74) is 2.60. The van der Waals surface area contributed by atoms with Crippen molar-refractivity contribution < 1.29 is 18.8 Å². The zero-order valence-electron chi connectivity index (χ0n) is 23.0. The van der Waals surface area contributed by atoms with E-state index in [4.69, 9.17) is 13.9 Å². The van der Waals surface area contributed by atoms with E-state index >= 15 is 0 Å². The molecule has 0 fully saturated rings. The van der Waals surface area contributed by atoms with E-state index in [1.165, 1.54) is 19.4 Å². The molecule has 0 unspecified atom stereocenters. The van der Waals surface area contributed by atoms with Crippen LogP contribution in [0, 0.1) is 17.0 Å². The predicted molar refractivity (Wildman–Crippen MR) is 167 cm³/mol. The molecule has 11 heteroatoms. The molecule has 2 heterocycles. The molecule has 0 aliphatic carbocycles. The summed E-state index contributed by atoms with van der Waals surface area (Å²) in [6, 6.07) is 24.8. The topological polar surface area (TPSA) is 122 Å². The fourth-order valence-corrected chi connectivity index (χ4v) is 4.97. The van der Waals surface area contributed by atoms with E-state index in [-0.39, 0.29) is 29.6 Å². The summed E-state index contributed by atoms with van der Waals surface area (Å²) in [5, 5.41) is 17.7. The zero-order chi connectivity index (χ0) is 30.1. The van der Waals surface area contributed by atoms with E-state index in [1.54, 1.807) is 36.4 Å². The van der Waals surface area contributed by atoms with Crippen molar-refractivity contribution in [2.75, 3.05) is 7.11 Å². The largest absolute Gasteiger partial charge is 0.493 e. The summed E-state index contributed by atoms with van der Waals surface area (Å²) in [7, 11) is 1.40. The van der Waals surface area contributed by atoms with E-state index in [0.29, 0.717) is 27.8 Å². The Bertz CT molecular complexity index is 2100. The molecule has 0 aliphatic rings. The number of aryl methyl sites for hydroxylation is 1. The number of hydrogen-bond acceptors (Lipinski definition) is 8. The van der Waals surface area contributed by atoms with Crippen molar-refractivity contribution in [2.45, 2.75) is 13.5 Å². The summed E-state index contributed by atoms with van der Waals surface area (Å²) in [4.78, 5) is 29.8. The molecule has 6 rings (SSSR count). The Kier molecular flexibility index (Phi) is 7.47. The third-order valence-electron chi connectivity index (χ3n) is 6.75. The van der Waals surface area contributed by atoms with Gasteiger partial charge in [-0.25, -0.2) is 4.98 Å². The number of nitro groups is 1. The van der Waals surface area contributed by atoms with Crippen molar-refractivity contribution in [2.24, 2.45) is 5.10 Å². The number of nitro benzene ring substituents is 1. The standard InChI is InChI=1S/C32H23BrN4O6/c1-19-7-9-20(10-8-19)18-42-30-26(37(39)40)13-21(14-28(30)41-2)17-34-36-31(35-25-6-4-3-5-24(25)32(36)38)29-16-22-15-23(33)11-12-27(22)43-29/h3-17H,18H2,1-2H3. The lowest BCUT2D eigenvalue weighted by Gasteiger charge is -2.12. The highest BCUT2D eigenvalue weighted by molar-refractivity contribution is 9.10. The average molecular weight is 639 g/mol. The molecule has 0 amide bonds. The van der Waals surface area contributed by atoms with Crippen LogP contribution in [0.4, 0.5) is 5.69 Å². The number of methoxy groups -OCH3 is 1. The summed E-state index contributed by atoms with van der Waals surface area (Å²) in [6.07, 6.45) is 1.33. The molecule has 0 bridgehead atoms. The van der Waals surface area contributed by atoms with Gasteiger partial charge in [-0.1, -0.05) is 57.9 Å². The number of benzene rings is 4.